The summed E-state index contributed by atoms with van der Waals surface area (Å²) in [6.07, 6.45) is 13.5. The van der Waals surface area contributed by atoms with Crippen LogP contribution < -0.4 is 11.0 Å². The van der Waals surface area contributed by atoms with Crippen molar-refractivity contribution in [1.82, 2.24) is 0 Å². The van der Waals surface area contributed by atoms with Crippen molar-refractivity contribution in [2.75, 3.05) is 0 Å². The minimum atomic E-state index is -0.513. The van der Waals surface area contributed by atoms with Crippen molar-refractivity contribution in [3.05, 3.63) is 132 Å². The summed E-state index contributed by atoms with van der Waals surface area (Å²) in [7, 11) is 0. The predicted octanol–water partition coefficient (Wildman–Crippen LogP) is 2.37. The Bertz CT molecular complexity index is 1260. The topological polar surface area (TPSA) is 85.8 Å². The Morgan fingerprint density at radius 2 is 1.35 bits per heavy atom. The molecule has 0 atom stereocenters. The molecule has 0 radical (unpaired) electrons. The Hall–Kier alpha value is -4.26. The summed E-state index contributed by atoms with van der Waals surface area (Å²) in [5.74, 6) is -1.03. The van der Waals surface area contributed by atoms with Gasteiger partial charge in [0.25, 0.3) is 0 Å². The monoisotopic (exact) mass is 454 g/mol. The van der Waals surface area contributed by atoms with E-state index in [0.717, 1.165) is 33.0 Å². The molecule has 0 spiro atoms. The summed E-state index contributed by atoms with van der Waals surface area (Å²) in [5.41, 5.74) is 7.40. The van der Waals surface area contributed by atoms with Crippen LogP contribution in [-0.2, 0) is 32.4 Å². The van der Waals surface area contributed by atoms with E-state index in [2.05, 4.69) is 0 Å². The van der Waals surface area contributed by atoms with Crippen LogP contribution >= 0.6 is 0 Å². The minimum Gasteiger partial charge on any atom is -0.275 e. The van der Waals surface area contributed by atoms with E-state index in [1.807, 2.05) is 85.7 Å². The summed E-state index contributed by atoms with van der Waals surface area (Å²) in [4.78, 5) is 34.1. The van der Waals surface area contributed by atoms with Gasteiger partial charge in [-0.1, -0.05) is 54.6 Å². The predicted molar refractivity (Wildman–Crippen MR) is 128 cm³/mol. The number of fused-ring (bicyclic) bond motifs is 2. The largest absolute Gasteiger partial charge is 0.390 e. The molecule has 3 aromatic carbocycles. The highest BCUT2D eigenvalue weighted by molar-refractivity contribution is 5.85. The van der Waals surface area contributed by atoms with Crippen molar-refractivity contribution in [3.8, 4) is 0 Å². The van der Waals surface area contributed by atoms with Crippen LogP contribution in [0, 0.1) is 12.8 Å². The Morgan fingerprint density at radius 1 is 0.735 bits per heavy atom. The Labute approximate surface area is 198 Å². The molecular weight excluding hydrogens is 428 g/mol. The first-order chi connectivity index (χ1) is 16.7. The Morgan fingerprint density at radius 3 is 2.15 bits per heavy atom. The molecule has 6 heteroatoms. The second-order valence-corrected chi connectivity index (χ2v) is 7.61. The Kier molecular flexibility index (Phi) is 7.79. The molecule has 0 aliphatic heterocycles. The van der Waals surface area contributed by atoms with Gasteiger partial charge in [0, 0.05) is 29.8 Å². The molecule has 4 N–H and O–H groups in total. The van der Waals surface area contributed by atoms with E-state index in [-0.39, 0.29) is 0 Å². The third-order valence-electron chi connectivity index (χ3n) is 5.34. The van der Waals surface area contributed by atoms with E-state index in [9.17, 15) is 9.59 Å². The normalized spacial score (nSPS) is 12.4. The van der Waals surface area contributed by atoms with Gasteiger partial charge in [-0.2, -0.15) is 5.48 Å². The van der Waals surface area contributed by atoms with Gasteiger partial charge in [0.2, 0.25) is 0 Å². The third-order valence-corrected chi connectivity index (χ3v) is 5.34. The first-order valence-corrected chi connectivity index (χ1v) is 11.0. The number of nitrogens with two attached hydrogens (primary N) is 2. The summed E-state index contributed by atoms with van der Waals surface area (Å²) < 4.78 is 0. The smallest absolute Gasteiger partial charge is 0.275 e. The number of hydroxylamine groups is 2. The van der Waals surface area contributed by atoms with E-state index in [0.29, 0.717) is 13.1 Å². The van der Waals surface area contributed by atoms with Crippen LogP contribution in [0.25, 0.3) is 10.8 Å². The lowest BCUT2D eigenvalue weighted by Crippen LogP contribution is -2.82. The molecule has 34 heavy (non-hydrogen) atoms. The maximum atomic E-state index is 11.9. The number of carbonyl (C=O) groups excluding carboxylic acids is 2. The van der Waals surface area contributed by atoms with Crippen LogP contribution in [0.15, 0.2) is 97.1 Å². The molecular formula is C28H26N2O4+4. The summed E-state index contributed by atoms with van der Waals surface area (Å²) in [5, 5.41) is 2.28. The lowest BCUT2D eigenvalue weighted by molar-refractivity contribution is -0.884. The van der Waals surface area contributed by atoms with Gasteiger partial charge in [-0.3, -0.25) is 9.68 Å². The van der Waals surface area contributed by atoms with Crippen molar-refractivity contribution >= 4 is 22.7 Å². The zero-order valence-corrected chi connectivity index (χ0v) is 18.6. The van der Waals surface area contributed by atoms with E-state index in [1.165, 1.54) is 35.3 Å². The van der Waals surface area contributed by atoms with Crippen molar-refractivity contribution in [3.63, 3.8) is 0 Å². The molecule has 3 aromatic rings. The lowest BCUT2D eigenvalue weighted by Gasteiger charge is -2.04. The molecule has 4 rings (SSSR count). The molecule has 168 valence electrons. The molecule has 0 bridgehead atoms. The van der Waals surface area contributed by atoms with E-state index < -0.39 is 11.9 Å². The highest BCUT2D eigenvalue weighted by Crippen LogP contribution is 2.22. The summed E-state index contributed by atoms with van der Waals surface area (Å²) in [6, 6.07) is 20.1. The van der Waals surface area contributed by atoms with Crippen LogP contribution in [0.1, 0.15) is 22.3 Å². The molecule has 0 fully saturated rings. The SMILES string of the molecule is O=C(/C=C\C=C/C(=O)O[NH2+]Cc1cccc2ccccc12)O[NH2+]Cc1cccc2c1[CH+]C=C[CH+]2. The molecule has 1 aliphatic carbocycles. The first kappa shape index (κ1) is 22.9. The van der Waals surface area contributed by atoms with Gasteiger partial charge in [-0.25, -0.2) is 9.59 Å². The fourth-order valence-corrected chi connectivity index (χ4v) is 3.71. The number of quaternary nitrogens is 2. The zero-order chi connectivity index (χ0) is 23.6. The van der Waals surface area contributed by atoms with E-state index in [1.54, 1.807) is 0 Å². The number of hydrogen-bond acceptors (Lipinski definition) is 4. The fourth-order valence-electron chi connectivity index (χ4n) is 3.71. The minimum absolute atomic E-state index is 0.510. The number of allylic oxidation sites excluding steroid dienone is 4. The van der Waals surface area contributed by atoms with E-state index >= 15 is 0 Å². The second kappa shape index (κ2) is 11.6. The number of hydrogen-bond donors (Lipinski definition) is 2. The summed E-state index contributed by atoms with van der Waals surface area (Å²) in [6.45, 7) is 1.02. The van der Waals surface area contributed by atoms with Crippen molar-refractivity contribution in [1.29, 1.82) is 0 Å². The Balaban J connectivity index is 1.16. The number of carbonyl (C=O) groups is 2. The standard InChI is InChI=1S/C28H24N2O4/c31-27(33-29-19-23-13-7-11-21-9-1-3-15-25(21)23)17-5-6-18-28(32)34-30-20-24-14-8-12-22-10-2-4-16-26(22)24/h1-18,29-30H,19-20H2/q+2/p+2/b17-5-,18-6-. The number of benzene rings is 3. The van der Waals surface area contributed by atoms with Crippen LogP contribution in [-0.4, -0.2) is 11.9 Å². The summed E-state index contributed by atoms with van der Waals surface area (Å²) >= 11 is 0. The van der Waals surface area contributed by atoms with Gasteiger partial charge in [0.15, 0.2) is 17.7 Å². The molecule has 0 aromatic heterocycles. The molecule has 0 amide bonds. The van der Waals surface area contributed by atoms with Crippen LogP contribution in [0.5, 0.6) is 0 Å². The average molecular weight is 455 g/mol. The molecule has 1 aliphatic rings. The molecule has 0 saturated heterocycles. The molecule has 0 heterocycles. The van der Waals surface area contributed by atoms with Gasteiger partial charge in [0.05, 0.1) is 18.2 Å². The lowest BCUT2D eigenvalue weighted by atomic mass is 9.92. The van der Waals surface area contributed by atoms with Gasteiger partial charge in [-0.05, 0) is 10.8 Å². The first-order valence-electron chi connectivity index (χ1n) is 11.0. The molecule has 0 saturated carbocycles. The van der Waals surface area contributed by atoms with E-state index in [4.69, 9.17) is 9.68 Å². The fraction of sp³-hybridized carbons (Fsp3) is 0.0714. The van der Waals surface area contributed by atoms with Crippen molar-refractivity contribution < 1.29 is 30.2 Å². The molecule has 0 unspecified atom stereocenters. The maximum absolute atomic E-state index is 11.9. The number of rotatable bonds is 9. The van der Waals surface area contributed by atoms with Gasteiger partial charge < -0.3 is 0 Å². The van der Waals surface area contributed by atoms with Crippen LogP contribution in [0.3, 0.4) is 0 Å². The van der Waals surface area contributed by atoms with Crippen LogP contribution in [0.2, 0.25) is 0 Å². The quantitative estimate of drug-likeness (QED) is 0.225. The van der Waals surface area contributed by atoms with Gasteiger partial charge >= 0.3 is 11.9 Å². The highest BCUT2D eigenvalue weighted by Gasteiger charge is 2.26. The zero-order valence-electron chi connectivity index (χ0n) is 18.6. The van der Waals surface area contributed by atoms with Gasteiger partial charge in [-0.15, -0.1) is 5.48 Å². The van der Waals surface area contributed by atoms with Gasteiger partial charge in [0.1, 0.15) is 24.9 Å². The molecule has 6 nitrogen and oxygen atoms in total. The van der Waals surface area contributed by atoms with Crippen molar-refractivity contribution in [2.45, 2.75) is 13.1 Å². The van der Waals surface area contributed by atoms with Crippen molar-refractivity contribution in [2.24, 2.45) is 0 Å². The second-order valence-electron chi connectivity index (χ2n) is 7.61. The average Bonchev–Trinajstić information content (AvgIpc) is 2.87. The van der Waals surface area contributed by atoms with Crippen LogP contribution in [0.4, 0.5) is 0 Å². The maximum Gasteiger partial charge on any atom is 0.390 e. The third kappa shape index (κ3) is 6.16. The highest BCUT2D eigenvalue weighted by atomic mass is 16.7.